The first kappa shape index (κ1) is 21.1. The second-order valence-electron chi connectivity index (χ2n) is 7.82. The molecule has 0 aliphatic heterocycles. The number of imidazole rings is 1. The summed E-state index contributed by atoms with van der Waals surface area (Å²) in [7, 11) is 0. The van der Waals surface area contributed by atoms with Crippen LogP contribution in [0.1, 0.15) is 40.1 Å². The Balaban J connectivity index is 1.55. The summed E-state index contributed by atoms with van der Waals surface area (Å²) < 4.78 is 2.83. The normalized spacial score (nSPS) is 11.9. The Morgan fingerprint density at radius 3 is 2.23 bits per heavy atom. The van der Waals surface area contributed by atoms with Crippen molar-refractivity contribution >= 4 is 21.8 Å². The molecule has 1 unspecified atom stereocenters. The summed E-state index contributed by atoms with van der Waals surface area (Å²) in [6, 6.07) is 22.6. The first-order valence-corrected chi connectivity index (χ1v) is 11.0. The molecule has 0 aliphatic rings. The fourth-order valence-corrected chi connectivity index (χ4v) is 3.99. The molecule has 1 N–H and O–H groups in total. The second kappa shape index (κ2) is 8.90. The topological polar surface area (TPSA) is 46.9 Å². The predicted octanol–water partition coefficient (Wildman–Crippen LogP) is 6.41. The molecular weight excluding hydrogens is 450 g/mol. The molecule has 1 amide bonds. The Morgan fingerprint density at radius 2 is 1.58 bits per heavy atom. The predicted molar refractivity (Wildman–Crippen MR) is 128 cm³/mol. The molecule has 0 fully saturated rings. The van der Waals surface area contributed by atoms with Gasteiger partial charge in [0.05, 0.1) is 18.6 Å². The van der Waals surface area contributed by atoms with Gasteiger partial charge in [-0.25, -0.2) is 4.98 Å². The zero-order chi connectivity index (χ0) is 22.0. The van der Waals surface area contributed by atoms with Gasteiger partial charge >= 0.3 is 0 Å². The van der Waals surface area contributed by atoms with Crippen molar-refractivity contribution in [2.45, 2.75) is 26.8 Å². The number of benzene rings is 3. The molecule has 4 nitrogen and oxygen atoms in total. The lowest BCUT2D eigenvalue weighted by atomic mass is 10.0. The van der Waals surface area contributed by atoms with E-state index in [4.69, 9.17) is 0 Å². The number of halogens is 1. The molecule has 0 bridgehead atoms. The number of rotatable bonds is 5. The van der Waals surface area contributed by atoms with Crippen molar-refractivity contribution < 1.29 is 4.79 Å². The van der Waals surface area contributed by atoms with Gasteiger partial charge in [-0.3, -0.25) is 9.36 Å². The van der Waals surface area contributed by atoms with Crippen LogP contribution in [0.3, 0.4) is 0 Å². The molecule has 1 aromatic heterocycles. The van der Waals surface area contributed by atoms with Gasteiger partial charge in [-0.1, -0.05) is 69.5 Å². The Hall–Kier alpha value is -3.18. The Labute approximate surface area is 191 Å². The lowest BCUT2D eigenvalue weighted by Gasteiger charge is -2.15. The molecule has 3 aromatic carbocycles. The third-order valence-electron chi connectivity index (χ3n) is 5.29. The third-order valence-corrected chi connectivity index (χ3v) is 5.82. The molecular formula is C26H24BrN3O. The number of carbonyl (C=O) groups excluding carboxylic acids is 1. The van der Waals surface area contributed by atoms with E-state index in [9.17, 15) is 4.79 Å². The van der Waals surface area contributed by atoms with Crippen LogP contribution in [0.15, 0.2) is 83.7 Å². The van der Waals surface area contributed by atoms with Crippen molar-refractivity contribution in [1.29, 1.82) is 0 Å². The first-order valence-electron chi connectivity index (χ1n) is 10.2. The van der Waals surface area contributed by atoms with E-state index in [2.05, 4.69) is 70.4 Å². The molecule has 156 valence electrons. The van der Waals surface area contributed by atoms with Crippen LogP contribution in [0.2, 0.25) is 0 Å². The van der Waals surface area contributed by atoms with Crippen molar-refractivity contribution in [3.8, 4) is 16.8 Å². The van der Waals surface area contributed by atoms with Crippen molar-refractivity contribution in [1.82, 2.24) is 14.9 Å². The van der Waals surface area contributed by atoms with E-state index in [1.54, 1.807) is 12.5 Å². The van der Waals surface area contributed by atoms with Crippen LogP contribution in [-0.4, -0.2) is 15.5 Å². The summed E-state index contributed by atoms with van der Waals surface area (Å²) in [5.74, 6) is -0.161. The maximum Gasteiger partial charge on any atom is 0.270 e. The van der Waals surface area contributed by atoms with Gasteiger partial charge in [0.1, 0.15) is 5.69 Å². The average molecular weight is 474 g/mol. The quantitative estimate of drug-likeness (QED) is 0.363. The summed E-state index contributed by atoms with van der Waals surface area (Å²) in [4.78, 5) is 17.1. The Kier molecular flexibility index (Phi) is 6.05. The molecule has 0 aliphatic carbocycles. The smallest absolute Gasteiger partial charge is 0.270 e. The number of aromatic nitrogens is 2. The number of nitrogens with one attached hydrogen (secondary N) is 1. The summed E-state index contributed by atoms with van der Waals surface area (Å²) in [6.07, 6.45) is 3.27. The number of hydrogen-bond donors (Lipinski definition) is 1. The number of nitrogens with zero attached hydrogens (tertiary/aromatic N) is 2. The van der Waals surface area contributed by atoms with Crippen LogP contribution in [0, 0.1) is 13.8 Å². The lowest BCUT2D eigenvalue weighted by molar-refractivity contribution is 0.0933. The molecule has 1 atom stereocenters. The van der Waals surface area contributed by atoms with Gasteiger partial charge in [-0.15, -0.1) is 0 Å². The lowest BCUT2D eigenvalue weighted by Crippen LogP contribution is -2.28. The highest BCUT2D eigenvalue weighted by atomic mass is 79.9. The third kappa shape index (κ3) is 4.78. The van der Waals surface area contributed by atoms with Gasteiger partial charge in [0.25, 0.3) is 5.91 Å². The second-order valence-corrected chi connectivity index (χ2v) is 8.73. The van der Waals surface area contributed by atoms with Crippen LogP contribution in [0.4, 0.5) is 0 Å². The van der Waals surface area contributed by atoms with E-state index in [0.29, 0.717) is 5.69 Å². The Morgan fingerprint density at radius 1 is 0.935 bits per heavy atom. The van der Waals surface area contributed by atoms with Gasteiger partial charge in [0, 0.05) is 10.2 Å². The number of carbonyl (C=O) groups is 1. The van der Waals surface area contributed by atoms with Gasteiger partial charge in [0.2, 0.25) is 0 Å². The van der Waals surface area contributed by atoms with Crippen LogP contribution < -0.4 is 5.32 Å². The fourth-order valence-electron chi connectivity index (χ4n) is 3.73. The molecule has 0 spiro atoms. The largest absolute Gasteiger partial charge is 0.344 e. The van der Waals surface area contributed by atoms with Crippen molar-refractivity contribution in [3.63, 3.8) is 0 Å². The molecule has 1 heterocycles. The zero-order valence-corrected chi connectivity index (χ0v) is 19.3. The highest BCUT2D eigenvalue weighted by molar-refractivity contribution is 9.10. The molecule has 5 heteroatoms. The molecule has 0 radical (unpaired) electrons. The van der Waals surface area contributed by atoms with E-state index < -0.39 is 0 Å². The van der Waals surface area contributed by atoms with Crippen LogP contribution >= 0.6 is 15.9 Å². The standard InChI is InChI=1S/C26H24BrN3O/c1-17-12-18(2)14-22(13-17)21-6-10-24(11-7-21)30-16-28-15-25(30)26(31)29-19(3)20-4-8-23(27)9-5-20/h4-16,19H,1-3H3,(H,29,31). The van der Waals surface area contributed by atoms with Gasteiger partial charge in [0.15, 0.2) is 0 Å². The Bertz CT molecular complexity index is 1190. The van der Waals surface area contributed by atoms with Crippen LogP contribution in [0.25, 0.3) is 16.8 Å². The average Bonchev–Trinajstić information content (AvgIpc) is 3.24. The highest BCUT2D eigenvalue weighted by Crippen LogP contribution is 2.24. The van der Waals surface area contributed by atoms with E-state index in [1.165, 1.54) is 16.7 Å². The molecule has 0 saturated heterocycles. The molecule has 31 heavy (non-hydrogen) atoms. The zero-order valence-electron chi connectivity index (χ0n) is 17.8. The van der Waals surface area contributed by atoms with Crippen molar-refractivity contribution in [2.75, 3.05) is 0 Å². The summed E-state index contributed by atoms with van der Waals surface area (Å²) >= 11 is 3.44. The van der Waals surface area contributed by atoms with E-state index in [1.807, 2.05) is 47.9 Å². The minimum atomic E-state index is -0.161. The van der Waals surface area contributed by atoms with Crippen LogP contribution in [0.5, 0.6) is 0 Å². The maximum atomic E-state index is 12.9. The molecule has 4 aromatic rings. The SMILES string of the molecule is Cc1cc(C)cc(-c2ccc(-n3cncc3C(=O)NC(C)c3ccc(Br)cc3)cc2)c1. The van der Waals surface area contributed by atoms with E-state index in [0.717, 1.165) is 21.3 Å². The molecule has 4 rings (SSSR count). The summed E-state index contributed by atoms with van der Waals surface area (Å²) in [5, 5.41) is 3.06. The minimum absolute atomic E-state index is 0.115. The minimum Gasteiger partial charge on any atom is -0.344 e. The fraction of sp³-hybridized carbons (Fsp3) is 0.154. The summed E-state index contributed by atoms with van der Waals surface area (Å²) in [5.41, 5.74) is 7.26. The number of amides is 1. The first-order chi connectivity index (χ1) is 14.9. The van der Waals surface area contributed by atoms with E-state index >= 15 is 0 Å². The maximum absolute atomic E-state index is 12.9. The number of aryl methyl sites for hydroxylation is 2. The van der Waals surface area contributed by atoms with E-state index in [-0.39, 0.29) is 11.9 Å². The monoisotopic (exact) mass is 473 g/mol. The molecule has 0 saturated carbocycles. The highest BCUT2D eigenvalue weighted by Gasteiger charge is 2.16. The van der Waals surface area contributed by atoms with Gasteiger partial charge < -0.3 is 5.32 Å². The van der Waals surface area contributed by atoms with Gasteiger partial charge in [-0.2, -0.15) is 0 Å². The van der Waals surface area contributed by atoms with Crippen molar-refractivity contribution in [3.05, 3.63) is 106 Å². The van der Waals surface area contributed by atoms with Gasteiger partial charge in [-0.05, 0) is 61.7 Å². The summed E-state index contributed by atoms with van der Waals surface area (Å²) in [6.45, 7) is 6.19. The van der Waals surface area contributed by atoms with Crippen LogP contribution in [-0.2, 0) is 0 Å². The number of hydrogen-bond acceptors (Lipinski definition) is 2. The van der Waals surface area contributed by atoms with Crippen molar-refractivity contribution in [2.24, 2.45) is 0 Å².